The number of amides is 2. The van der Waals surface area contributed by atoms with Gasteiger partial charge in [0, 0.05) is 55.3 Å². The van der Waals surface area contributed by atoms with Crippen LogP contribution in [-0.2, 0) is 16.1 Å². The Hall–Kier alpha value is -4.93. The largest absolute Gasteiger partial charge is 0.408 e. The monoisotopic (exact) mass is 639 g/mol. The summed E-state index contributed by atoms with van der Waals surface area (Å²) in [5, 5.41) is 16.6. The van der Waals surface area contributed by atoms with Crippen molar-refractivity contribution in [1.82, 2.24) is 39.9 Å². The number of halogens is 4. The first-order chi connectivity index (χ1) is 22.1. The number of carbonyl (C=O) groups is 1. The van der Waals surface area contributed by atoms with Gasteiger partial charge >= 0.3 is 12.2 Å². The number of carbonyl (C=O) groups excluding carboxylic acids is 1. The van der Waals surface area contributed by atoms with Crippen LogP contribution in [-0.4, -0.2) is 79.6 Å². The summed E-state index contributed by atoms with van der Waals surface area (Å²) in [6.45, 7) is 1.65. The number of benzene rings is 1. The minimum Gasteiger partial charge on any atom is -0.383 e. The lowest BCUT2D eigenvalue weighted by Crippen LogP contribution is -2.42. The van der Waals surface area contributed by atoms with Gasteiger partial charge in [-0.2, -0.15) is 32.8 Å². The van der Waals surface area contributed by atoms with Crippen LogP contribution >= 0.6 is 0 Å². The maximum atomic E-state index is 14.0. The quantitative estimate of drug-likeness (QED) is 0.174. The molecular formula is C30H29F4N9O3. The minimum atomic E-state index is -4.43. The molecule has 1 saturated heterocycles. The molecule has 2 N–H and O–H groups in total. The summed E-state index contributed by atoms with van der Waals surface area (Å²) in [4.78, 5) is 27.4. The zero-order valence-corrected chi connectivity index (χ0v) is 24.7. The van der Waals surface area contributed by atoms with Crippen LogP contribution < -0.4 is 10.6 Å². The number of rotatable bonds is 9. The number of hydrogen-bond acceptors (Lipinski definition) is 8. The number of nitrogens with zero attached hydrogens (tertiary/aromatic N) is 7. The smallest absolute Gasteiger partial charge is 0.383 e. The molecule has 16 heteroatoms. The first kappa shape index (κ1) is 31.1. The molecule has 4 aromatic heterocycles. The van der Waals surface area contributed by atoms with Gasteiger partial charge in [-0.05, 0) is 42.8 Å². The number of alkyl halides is 3. The van der Waals surface area contributed by atoms with Crippen molar-refractivity contribution in [3.05, 3.63) is 84.2 Å². The zero-order chi connectivity index (χ0) is 32.4. The summed E-state index contributed by atoms with van der Waals surface area (Å²) in [6, 6.07) is 12.5. The molecule has 12 nitrogen and oxygen atoms in total. The van der Waals surface area contributed by atoms with Gasteiger partial charge in [0.05, 0.1) is 24.0 Å². The molecule has 5 heterocycles. The fourth-order valence-corrected chi connectivity index (χ4v) is 5.28. The van der Waals surface area contributed by atoms with Gasteiger partial charge in [0.1, 0.15) is 18.5 Å². The van der Waals surface area contributed by atoms with E-state index in [1.165, 1.54) is 24.7 Å². The van der Waals surface area contributed by atoms with Gasteiger partial charge in [-0.15, -0.1) is 0 Å². The number of anilines is 1. The van der Waals surface area contributed by atoms with Crippen LogP contribution in [0.25, 0.3) is 28.0 Å². The average Bonchev–Trinajstić information content (AvgIpc) is 3.70. The lowest BCUT2D eigenvalue weighted by atomic mass is 10.0. The molecule has 2 atom stereocenters. The van der Waals surface area contributed by atoms with Crippen molar-refractivity contribution in [2.75, 3.05) is 32.1 Å². The molecule has 6 rings (SSSR count). The Morgan fingerprint density at radius 2 is 1.93 bits per heavy atom. The molecule has 0 saturated carbocycles. The second-order valence-corrected chi connectivity index (χ2v) is 10.7. The van der Waals surface area contributed by atoms with Crippen LogP contribution in [0.4, 0.5) is 28.2 Å². The molecule has 0 spiro atoms. The van der Waals surface area contributed by atoms with Crippen molar-refractivity contribution in [2.45, 2.75) is 31.8 Å². The van der Waals surface area contributed by atoms with E-state index in [9.17, 15) is 22.4 Å². The Labute approximate surface area is 259 Å². The number of nitrogens with one attached hydrogen (secondary N) is 2. The average molecular weight is 640 g/mol. The number of aromatic nitrogens is 6. The number of hydroxylamine groups is 2. The summed E-state index contributed by atoms with van der Waals surface area (Å²) in [7, 11) is 1.57. The maximum Gasteiger partial charge on any atom is 0.408 e. The van der Waals surface area contributed by atoms with E-state index in [0.717, 1.165) is 4.68 Å². The van der Waals surface area contributed by atoms with E-state index in [-0.39, 0.29) is 5.65 Å². The highest BCUT2D eigenvalue weighted by Gasteiger charge is 2.37. The first-order valence-corrected chi connectivity index (χ1v) is 14.2. The van der Waals surface area contributed by atoms with Gasteiger partial charge in [0.15, 0.2) is 5.65 Å². The molecule has 2 amide bonds. The van der Waals surface area contributed by atoms with E-state index in [0.29, 0.717) is 59.0 Å². The van der Waals surface area contributed by atoms with Crippen molar-refractivity contribution < 1.29 is 31.9 Å². The lowest BCUT2D eigenvalue weighted by molar-refractivity contribution is -0.154. The van der Waals surface area contributed by atoms with Crippen molar-refractivity contribution in [2.24, 2.45) is 0 Å². The standard InChI is InChI=1S/C30H29F4N9O3/c1-18-25(20-12-21-15-41(17-30(32,33)34)40-27(21)36-14-20)39-43(22-6-4-3-5-7-22)28(18)38-29(44)37-23-16-42(10-11-45-2)46-26(23)19-8-9-35-24(31)13-19/h3-9,12-15,23,26H,10-11,16-17H2,1-2H3,(H2,37,38,44)/t23-,26+/m1/s1. The fraction of sp³-hybridized carbons (Fsp3) is 0.300. The van der Waals surface area contributed by atoms with E-state index >= 15 is 0 Å². The van der Waals surface area contributed by atoms with Crippen molar-refractivity contribution in [3.8, 4) is 16.9 Å². The molecule has 1 aromatic carbocycles. The van der Waals surface area contributed by atoms with Crippen molar-refractivity contribution in [3.63, 3.8) is 0 Å². The molecule has 0 bridgehead atoms. The molecule has 1 fully saturated rings. The van der Waals surface area contributed by atoms with Crippen LogP contribution in [0.5, 0.6) is 0 Å². The number of pyridine rings is 2. The van der Waals surface area contributed by atoms with E-state index < -0.39 is 36.8 Å². The third-order valence-corrected chi connectivity index (χ3v) is 7.34. The van der Waals surface area contributed by atoms with Crippen LogP contribution in [0.15, 0.2) is 67.1 Å². The van der Waals surface area contributed by atoms with Gasteiger partial charge in [-0.3, -0.25) is 14.8 Å². The number of para-hydroxylation sites is 1. The van der Waals surface area contributed by atoms with Crippen LogP contribution in [0.1, 0.15) is 17.2 Å². The predicted molar refractivity (Wildman–Crippen MR) is 158 cm³/mol. The molecule has 0 unspecified atom stereocenters. The fourth-order valence-electron chi connectivity index (χ4n) is 5.28. The Morgan fingerprint density at radius 1 is 1.13 bits per heavy atom. The summed E-state index contributed by atoms with van der Waals surface area (Å²) >= 11 is 0. The van der Waals surface area contributed by atoms with Crippen molar-refractivity contribution in [1.29, 1.82) is 0 Å². The summed E-state index contributed by atoms with van der Waals surface area (Å²) in [6.07, 6.45) is -1.03. The highest BCUT2D eigenvalue weighted by atomic mass is 19.4. The van der Waals surface area contributed by atoms with E-state index in [2.05, 4.69) is 25.7 Å². The lowest BCUT2D eigenvalue weighted by Gasteiger charge is -2.19. The number of fused-ring (bicyclic) bond motifs is 1. The second kappa shape index (κ2) is 12.8. The molecular weight excluding hydrogens is 610 g/mol. The molecule has 5 aromatic rings. The number of methoxy groups -OCH3 is 1. The van der Waals surface area contributed by atoms with Crippen LogP contribution in [0, 0.1) is 12.9 Å². The Bertz CT molecular complexity index is 1840. The summed E-state index contributed by atoms with van der Waals surface area (Å²) < 4.78 is 60.3. The molecule has 1 aliphatic rings. The third kappa shape index (κ3) is 6.83. The number of ether oxygens (including phenoxy) is 1. The van der Waals surface area contributed by atoms with Gasteiger partial charge in [0.2, 0.25) is 5.95 Å². The molecule has 46 heavy (non-hydrogen) atoms. The molecule has 240 valence electrons. The van der Waals surface area contributed by atoms with Crippen LogP contribution in [0.2, 0.25) is 0 Å². The SMILES string of the molecule is COCCN1C[C@@H](NC(=O)Nc2c(C)c(-c3cnc4nn(CC(F)(F)F)cc4c3)nn2-c2ccccc2)[C@H](c2ccnc(F)c2)O1. The van der Waals surface area contributed by atoms with Gasteiger partial charge in [-0.25, -0.2) is 19.4 Å². The normalized spacial score (nSPS) is 17.1. The first-order valence-electron chi connectivity index (χ1n) is 14.2. The Kier molecular flexibility index (Phi) is 8.66. The third-order valence-electron chi connectivity index (χ3n) is 7.34. The van der Waals surface area contributed by atoms with E-state index in [1.54, 1.807) is 35.9 Å². The second-order valence-electron chi connectivity index (χ2n) is 10.7. The molecule has 0 aliphatic carbocycles. The van der Waals surface area contributed by atoms with Gasteiger partial charge in [0.25, 0.3) is 0 Å². The zero-order valence-electron chi connectivity index (χ0n) is 24.7. The summed E-state index contributed by atoms with van der Waals surface area (Å²) in [5.41, 5.74) is 2.88. The Morgan fingerprint density at radius 3 is 2.67 bits per heavy atom. The highest BCUT2D eigenvalue weighted by molar-refractivity contribution is 5.91. The highest BCUT2D eigenvalue weighted by Crippen LogP contribution is 2.33. The van der Waals surface area contributed by atoms with E-state index in [4.69, 9.17) is 14.7 Å². The Balaban J connectivity index is 1.29. The molecule has 0 radical (unpaired) electrons. The number of hydrogen-bond donors (Lipinski definition) is 2. The van der Waals surface area contributed by atoms with Crippen molar-refractivity contribution >= 4 is 22.9 Å². The molecule has 1 aliphatic heterocycles. The van der Waals surface area contributed by atoms with E-state index in [1.807, 2.05) is 30.3 Å². The van der Waals surface area contributed by atoms with Gasteiger partial charge < -0.3 is 10.1 Å². The summed E-state index contributed by atoms with van der Waals surface area (Å²) in [5.74, 6) is -0.317. The maximum absolute atomic E-state index is 14.0. The minimum absolute atomic E-state index is 0.160. The van der Waals surface area contributed by atoms with Gasteiger partial charge in [-0.1, -0.05) is 18.2 Å². The predicted octanol–water partition coefficient (Wildman–Crippen LogP) is 4.81. The topological polar surface area (TPSA) is 124 Å². The number of urea groups is 1. The van der Waals surface area contributed by atoms with Crippen LogP contribution in [0.3, 0.4) is 0 Å².